The number of aromatic nitrogens is 5. The first-order valence-electron chi connectivity index (χ1n) is 8.22. The van der Waals surface area contributed by atoms with Gasteiger partial charge in [-0.25, -0.2) is 4.98 Å². The van der Waals surface area contributed by atoms with Crippen LogP contribution in [0.3, 0.4) is 0 Å². The molecule has 1 saturated heterocycles. The highest BCUT2D eigenvalue weighted by atomic mass is 32.1. The molecule has 0 aromatic carbocycles. The van der Waals surface area contributed by atoms with Gasteiger partial charge in [0.2, 0.25) is 4.96 Å². The van der Waals surface area contributed by atoms with Gasteiger partial charge in [-0.3, -0.25) is 0 Å². The zero-order valence-corrected chi connectivity index (χ0v) is 14.0. The quantitative estimate of drug-likeness (QED) is 0.737. The average molecular weight is 328 g/mol. The van der Waals surface area contributed by atoms with E-state index in [1.807, 2.05) is 22.8 Å². The standard InChI is InChI=1S/C16H20N6S/c1-2-6-14-18-19-16-22(14)20-15(23-16)12-7-5-10-21(11-12)13-8-3-4-9-17-13/h3-4,8-9,12H,2,5-7,10-11H2,1H3/t12-/m0/s1. The SMILES string of the molecule is CCCc1nnc2sc([C@H]3CCCN(c4ccccn4)C3)nn12. The molecule has 0 unspecified atom stereocenters. The molecule has 0 spiro atoms. The minimum atomic E-state index is 0.451. The van der Waals surface area contributed by atoms with Crippen LogP contribution < -0.4 is 4.90 Å². The Bertz CT molecular complexity index is 780. The van der Waals surface area contributed by atoms with Crippen LogP contribution in [0, 0.1) is 0 Å². The van der Waals surface area contributed by atoms with Crippen molar-refractivity contribution in [3.63, 3.8) is 0 Å². The Morgan fingerprint density at radius 2 is 2.26 bits per heavy atom. The molecule has 0 N–H and O–H groups in total. The van der Waals surface area contributed by atoms with E-state index >= 15 is 0 Å². The van der Waals surface area contributed by atoms with Crippen molar-refractivity contribution in [2.45, 2.75) is 38.5 Å². The zero-order chi connectivity index (χ0) is 15.6. The summed E-state index contributed by atoms with van der Waals surface area (Å²) in [5.74, 6) is 2.49. The minimum absolute atomic E-state index is 0.451. The number of fused-ring (bicyclic) bond motifs is 1. The fourth-order valence-electron chi connectivity index (χ4n) is 3.14. The lowest BCUT2D eigenvalue weighted by Crippen LogP contribution is -2.34. The molecular weight excluding hydrogens is 308 g/mol. The first kappa shape index (κ1) is 14.6. The van der Waals surface area contributed by atoms with Crippen molar-refractivity contribution >= 4 is 22.1 Å². The summed E-state index contributed by atoms with van der Waals surface area (Å²) in [7, 11) is 0. The second kappa shape index (κ2) is 6.23. The molecule has 23 heavy (non-hydrogen) atoms. The van der Waals surface area contributed by atoms with Gasteiger partial charge in [-0.05, 0) is 31.4 Å². The van der Waals surface area contributed by atoms with Crippen LogP contribution in [-0.4, -0.2) is 37.9 Å². The predicted octanol–water partition coefficient (Wildman–Crippen LogP) is 2.92. The van der Waals surface area contributed by atoms with Gasteiger partial charge < -0.3 is 4.90 Å². The van der Waals surface area contributed by atoms with E-state index in [2.05, 4.69) is 33.1 Å². The molecule has 0 aliphatic carbocycles. The number of hydrogen-bond donors (Lipinski definition) is 0. The topological polar surface area (TPSA) is 59.2 Å². The van der Waals surface area contributed by atoms with Crippen molar-refractivity contribution in [1.82, 2.24) is 24.8 Å². The molecule has 4 heterocycles. The molecule has 7 heteroatoms. The maximum atomic E-state index is 4.81. The van der Waals surface area contributed by atoms with E-state index in [9.17, 15) is 0 Å². The Labute approximate surface area is 139 Å². The third kappa shape index (κ3) is 2.81. The maximum Gasteiger partial charge on any atom is 0.234 e. The summed E-state index contributed by atoms with van der Waals surface area (Å²) in [5, 5.41) is 14.5. The third-order valence-electron chi connectivity index (χ3n) is 4.29. The molecule has 0 radical (unpaired) electrons. The van der Waals surface area contributed by atoms with Gasteiger partial charge in [-0.2, -0.15) is 9.61 Å². The molecule has 3 aromatic rings. The van der Waals surface area contributed by atoms with Crippen LogP contribution in [0.5, 0.6) is 0 Å². The normalized spacial score (nSPS) is 18.7. The average Bonchev–Trinajstić information content (AvgIpc) is 3.18. The summed E-state index contributed by atoms with van der Waals surface area (Å²) < 4.78 is 1.93. The van der Waals surface area contributed by atoms with Crippen LogP contribution in [0.25, 0.3) is 4.96 Å². The second-order valence-corrected chi connectivity index (χ2v) is 6.96. The number of hydrogen-bond acceptors (Lipinski definition) is 6. The molecule has 120 valence electrons. The summed E-state index contributed by atoms with van der Waals surface area (Å²) in [6.45, 7) is 4.20. The fraction of sp³-hybridized carbons (Fsp3) is 0.500. The Morgan fingerprint density at radius 1 is 1.30 bits per heavy atom. The van der Waals surface area contributed by atoms with Gasteiger partial charge in [0, 0.05) is 31.6 Å². The van der Waals surface area contributed by atoms with Crippen LogP contribution >= 0.6 is 11.3 Å². The van der Waals surface area contributed by atoms with Gasteiger partial charge in [0.15, 0.2) is 5.82 Å². The van der Waals surface area contributed by atoms with Crippen molar-refractivity contribution < 1.29 is 0 Å². The smallest absolute Gasteiger partial charge is 0.234 e. The highest BCUT2D eigenvalue weighted by molar-refractivity contribution is 7.16. The molecule has 4 rings (SSSR count). The second-order valence-electron chi connectivity index (χ2n) is 5.97. The summed E-state index contributed by atoms with van der Waals surface area (Å²) >= 11 is 1.68. The molecule has 1 aliphatic rings. The zero-order valence-electron chi connectivity index (χ0n) is 13.2. The van der Waals surface area contributed by atoms with Crippen LogP contribution in [0.4, 0.5) is 5.82 Å². The van der Waals surface area contributed by atoms with Crippen LogP contribution in [0.2, 0.25) is 0 Å². The van der Waals surface area contributed by atoms with Gasteiger partial charge in [0.1, 0.15) is 10.8 Å². The van der Waals surface area contributed by atoms with Gasteiger partial charge >= 0.3 is 0 Å². The number of piperidine rings is 1. The lowest BCUT2D eigenvalue weighted by molar-refractivity contribution is 0.501. The summed E-state index contributed by atoms with van der Waals surface area (Å²) in [6, 6.07) is 6.09. The predicted molar refractivity (Wildman–Crippen MR) is 91.1 cm³/mol. The van der Waals surface area contributed by atoms with Crippen molar-refractivity contribution in [2.24, 2.45) is 0 Å². The number of rotatable bonds is 4. The summed E-state index contributed by atoms with van der Waals surface area (Å²) in [6.07, 6.45) is 6.19. The minimum Gasteiger partial charge on any atom is -0.356 e. The molecule has 0 bridgehead atoms. The number of pyridine rings is 1. The van der Waals surface area contributed by atoms with Crippen LogP contribution in [-0.2, 0) is 6.42 Å². The Balaban J connectivity index is 1.57. The first-order chi connectivity index (χ1) is 11.3. The number of anilines is 1. The number of nitrogens with zero attached hydrogens (tertiary/aromatic N) is 6. The van der Waals surface area contributed by atoms with Crippen molar-refractivity contribution in [2.75, 3.05) is 18.0 Å². The lowest BCUT2D eigenvalue weighted by Gasteiger charge is -2.32. The van der Waals surface area contributed by atoms with E-state index in [1.165, 1.54) is 17.8 Å². The van der Waals surface area contributed by atoms with Gasteiger partial charge in [0.25, 0.3) is 0 Å². The Morgan fingerprint density at radius 3 is 3.09 bits per heavy atom. The largest absolute Gasteiger partial charge is 0.356 e. The molecule has 6 nitrogen and oxygen atoms in total. The first-order valence-corrected chi connectivity index (χ1v) is 9.04. The monoisotopic (exact) mass is 328 g/mol. The van der Waals surface area contributed by atoms with Gasteiger partial charge in [-0.1, -0.05) is 24.3 Å². The summed E-state index contributed by atoms with van der Waals surface area (Å²) in [5.41, 5.74) is 0. The van der Waals surface area contributed by atoms with Gasteiger partial charge in [0.05, 0.1) is 0 Å². The molecule has 0 amide bonds. The Kier molecular flexibility index (Phi) is 3.95. The number of aryl methyl sites for hydroxylation is 1. The summed E-state index contributed by atoms with van der Waals surface area (Å²) in [4.78, 5) is 7.76. The highest BCUT2D eigenvalue weighted by Crippen LogP contribution is 2.31. The van der Waals surface area contributed by atoms with Crippen LogP contribution in [0.15, 0.2) is 24.4 Å². The van der Waals surface area contributed by atoms with Crippen molar-refractivity contribution in [3.05, 3.63) is 35.2 Å². The fourth-order valence-corrected chi connectivity index (χ4v) is 4.13. The van der Waals surface area contributed by atoms with Crippen LogP contribution in [0.1, 0.15) is 42.9 Å². The van der Waals surface area contributed by atoms with E-state index in [4.69, 9.17) is 5.10 Å². The molecule has 1 fully saturated rings. The van der Waals surface area contributed by atoms with E-state index in [-0.39, 0.29) is 0 Å². The van der Waals surface area contributed by atoms with Crippen molar-refractivity contribution in [1.29, 1.82) is 0 Å². The molecule has 3 aromatic heterocycles. The lowest BCUT2D eigenvalue weighted by atomic mass is 9.99. The van der Waals surface area contributed by atoms with Gasteiger partial charge in [-0.15, -0.1) is 10.2 Å². The maximum absolute atomic E-state index is 4.81. The molecule has 0 saturated carbocycles. The molecule has 1 atom stereocenters. The third-order valence-corrected chi connectivity index (χ3v) is 5.35. The van der Waals surface area contributed by atoms with E-state index in [0.29, 0.717) is 5.92 Å². The van der Waals surface area contributed by atoms with E-state index < -0.39 is 0 Å². The van der Waals surface area contributed by atoms with E-state index in [0.717, 1.165) is 42.5 Å². The molecule has 1 aliphatic heterocycles. The highest BCUT2D eigenvalue weighted by Gasteiger charge is 2.26. The van der Waals surface area contributed by atoms with E-state index in [1.54, 1.807) is 11.3 Å². The molecular formula is C16H20N6S. The van der Waals surface area contributed by atoms with Crippen molar-refractivity contribution in [3.8, 4) is 0 Å². The Hall–Kier alpha value is -2.02.